The third-order valence-corrected chi connectivity index (χ3v) is 2.60. The van der Waals surface area contributed by atoms with Crippen molar-refractivity contribution in [2.45, 2.75) is 52.4 Å². The van der Waals surface area contributed by atoms with Crippen LogP contribution in [0, 0.1) is 5.92 Å². The van der Waals surface area contributed by atoms with Gasteiger partial charge in [0.2, 0.25) is 0 Å². The van der Waals surface area contributed by atoms with Gasteiger partial charge in [-0.25, -0.2) is 0 Å². The van der Waals surface area contributed by atoms with E-state index >= 15 is 0 Å². The highest BCUT2D eigenvalue weighted by Crippen LogP contribution is 2.16. The highest BCUT2D eigenvalue weighted by atomic mass is 16.1. The van der Waals surface area contributed by atoms with Gasteiger partial charge in [0.1, 0.15) is 5.78 Å². The van der Waals surface area contributed by atoms with Gasteiger partial charge in [-0.3, -0.25) is 4.79 Å². The minimum absolute atomic E-state index is 0.305. The third-order valence-electron chi connectivity index (χ3n) is 2.60. The number of carbonyl (C=O) groups is 1. The number of unbranched alkanes of at least 4 members (excludes halogenated alkanes) is 2. The fraction of sp³-hybridized carbons (Fsp3) is 0.917. The van der Waals surface area contributed by atoms with Gasteiger partial charge in [0.25, 0.3) is 0 Å². The molecule has 84 valence electrons. The molecule has 0 saturated heterocycles. The molecule has 1 N–H and O–H groups in total. The summed E-state index contributed by atoms with van der Waals surface area (Å²) in [5.74, 6) is 0.699. The fourth-order valence-corrected chi connectivity index (χ4v) is 1.77. The molecule has 1 unspecified atom stereocenters. The monoisotopic (exact) mass is 199 g/mol. The van der Waals surface area contributed by atoms with Crippen molar-refractivity contribution < 1.29 is 4.79 Å². The predicted molar refractivity (Wildman–Crippen MR) is 61.5 cm³/mol. The maximum atomic E-state index is 11.7. The van der Waals surface area contributed by atoms with Crippen molar-refractivity contribution in [3.63, 3.8) is 0 Å². The molecule has 0 saturated carbocycles. The SMILES string of the molecule is CCCCCC(CCC)C(=O)CNC. The van der Waals surface area contributed by atoms with Crippen LogP contribution in [0.1, 0.15) is 52.4 Å². The number of hydrogen-bond acceptors (Lipinski definition) is 2. The highest BCUT2D eigenvalue weighted by molar-refractivity contribution is 5.82. The van der Waals surface area contributed by atoms with E-state index in [4.69, 9.17) is 0 Å². The van der Waals surface area contributed by atoms with Gasteiger partial charge in [-0.1, -0.05) is 39.5 Å². The molecule has 0 fully saturated rings. The molecule has 0 aliphatic rings. The molecule has 0 aromatic rings. The van der Waals surface area contributed by atoms with Gasteiger partial charge in [-0.2, -0.15) is 0 Å². The van der Waals surface area contributed by atoms with Crippen LogP contribution in [0.15, 0.2) is 0 Å². The zero-order chi connectivity index (χ0) is 10.8. The summed E-state index contributed by atoms with van der Waals surface area (Å²) in [7, 11) is 1.84. The number of hydrogen-bond donors (Lipinski definition) is 1. The van der Waals surface area contributed by atoms with Gasteiger partial charge in [0, 0.05) is 5.92 Å². The first kappa shape index (κ1) is 13.6. The van der Waals surface area contributed by atoms with Crippen molar-refractivity contribution in [3.8, 4) is 0 Å². The Morgan fingerprint density at radius 2 is 1.86 bits per heavy atom. The van der Waals surface area contributed by atoms with E-state index in [0.29, 0.717) is 18.2 Å². The van der Waals surface area contributed by atoms with Gasteiger partial charge in [-0.05, 0) is 19.9 Å². The van der Waals surface area contributed by atoms with Crippen LogP contribution in [0.2, 0.25) is 0 Å². The third kappa shape index (κ3) is 6.14. The topological polar surface area (TPSA) is 29.1 Å². The molecule has 1 atom stereocenters. The summed E-state index contributed by atoms with van der Waals surface area (Å²) >= 11 is 0. The fourth-order valence-electron chi connectivity index (χ4n) is 1.77. The number of Topliss-reactive ketones (excluding diaryl/α,β-unsaturated/α-hetero) is 1. The van der Waals surface area contributed by atoms with Gasteiger partial charge in [0.15, 0.2) is 0 Å². The highest BCUT2D eigenvalue weighted by Gasteiger charge is 2.15. The van der Waals surface area contributed by atoms with Gasteiger partial charge in [-0.15, -0.1) is 0 Å². The maximum Gasteiger partial charge on any atom is 0.149 e. The van der Waals surface area contributed by atoms with Crippen molar-refractivity contribution in [1.29, 1.82) is 0 Å². The van der Waals surface area contributed by atoms with Crippen LogP contribution in [0.25, 0.3) is 0 Å². The quantitative estimate of drug-likeness (QED) is 0.579. The Hall–Kier alpha value is -0.370. The summed E-state index contributed by atoms with van der Waals surface area (Å²) in [5, 5.41) is 2.95. The predicted octanol–water partition coefficient (Wildman–Crippen LogP) is 2.77. The zero-order valence-corrected chi connectivity index (χ0v) is 9.94. The number of ketones is 1. The van der Waals surface area contributed by atoms with E-state index in [0.717, 1.165) is 19.3 Å². The van der Waals surface area contributed by atoms with Crippen LogP contribution < -0.4 is 5.32 Å². The molecule has 0 aliphatic carbocycles. The molecular formula is C12H25NO. The van der Waals surface area contributed by atoms with Crippen LogP contribution in [-0.2, 0) is 4.79 Å². The molecule has 0 spiro atoms. The van der Waals surface area contributed by atoms with Crippen molar-refractivity contribution in [3.05, 3.63) is 0 Å². The Bertz CT molecular complexity index is 145. The number of nitrogens with one attached hydrogen (secondary N) is 1. The molecule has 0 bridgehead atoms. The first-order valence-electron chi connectivity index (χ1n) is 5.93. The summed E-state index contributed by atoms with van der Waals surface area (Å²) in [6, 6.07) is 0. The lowest BCUT2D eigenvalue weighted by Crippen LogP contribution is -2.26. The normalized spacial score (nSPS) is 12.8. The van der Waals surface area contributed by atoms with Gasteiger partial charge < -0.3 is 5.32 Å². The van der Waals surface area contributed by atoms with Crippen LogP contribution in [0.3, 0.4) is 0 Å². The molecule has 0 amide bonds. The van der Waals surface area contributed by atoms with E-state index in [1.807, 2.05) is 7.05 Å². The zero-order valence-electron chi connectivity index (χ0n) is 9.94. The Morgan fingerprint density at radius 3 is 2.36 bits per heavy atom. The molecule has 0 rings (SSSR count). The van der Waals surface area contributed by atoms with E-state index in [1.54, 1.807) is 0 Å². The lowest BCUT2D eigenvalue weighted by atomic mass is 9.92. The Kier molecular flexibility index (Phi) is 8.95. The first-order chi connectivity index (χ1) is 6.76. The summed E-state index contributed by atoms with van der Waals surface area (Å²) in [6.07, 6.45) is 6.96. The molecule has 14 heavy (non-hydrogen) atoms. The summed E-state index contributed by atoms with van der Waals surface area (Å²) in [4.78, 5) is 11.7. The van der Waals surface area contributed by atoms with Crippen molar-refractivity contribution in [1.82, 2.24) is 5.32 Å². The van der Waals surface area contributed by atoms with E-state index in [1.165, 1.54) is 19.3 Å². The van der Waals surface area contributed by atoms with E-state index < -0.39 is 0 Å². The second-order valence-electron chi connectivity index (χ2n) is 3.98. The molecule has 0 heterocycles. The molecule has 0 aromatic carbocycles. The second-order valence-corrected chi connectivity index (χ2v) is 3.98. The molecule has 0 aliphatic heterocycles. The minimum Gasteiger partial charge on any atom is -0.313 e. The molecule has 0 radical (unpaired) electrons. The first-order valence-corrected chi connectivity index (χ1v) is 5.93. The summed E-state index contributed by atoms with van der Waals surface area (Å²) in [5.41, 5.74) is 0. The Morgan fingerprint density at radius 1 is 1.14 bits per heavy atom. The smallest absolute Gasteiger partial charge is 0.149 e. The van der Waals surface area contributed by atoms with Crippen molar-refractivity contribution in [2.24, 2.45) is 5.92 Å². The maximum absolute atomic E-state index is 11.7. The average Bonchev–Trinajstić information content (AvgIpc) is 2.17. The Balaban J connectivity index is 3.81. The number of rotatable bonds is 9. The van der Waals surface area contributed by atoms with Crippen molar-refractivity contribution >= 4 is 5.78 Å². The van der Waals surface area contributed by atoms with E-state index in [-0.39, 0.29) is 0 Å². The summed E-state index contributed by atoms with van der Waals surface area (Å²) < 4.78 is 0. The molecular weight excluding hydrogens is 174 g/mol. The van der Waals surface area contributed by atoms with Crippen LogP contribution >= 0.6 is 0 Å². The standard InChI is InChI=1S/C12H25NO/c1-4-6-7-9-11(8-5-2)12(14)10-13-3/h11,13H,4-10H2,1-3H3. The average molecular weight is 199 g/mol. The molecule has 2 heteroatoms. The van der Waals surface area contributed by atoms with Gasteiger partial charge in [0.05, 0.1) is 6.54 Å². The lowest BCUT2D eigenvalue weighted by molar-refractivity contribution is -0.122. The second kappa shape index (κ2) is 9.20. The van der Waals surface area contributed by atoms with Crippen LogP contribution in [-0.4, -0.2) is 19.4 Å². The number of carbonyl (C=O) groups excluding carboxylic acids is 1. The Labute approximate surface area is 88.5 Å². The molecule has 2 nitrogen and oxygen atoms in total. The largest absolute Gasteiger partial charge is 0.313 e. The van der Waals surface area contributed by atoms with E-state index in [2.05, 4.69) is 19.2 Å². The summed E-state index contributed by atoms with van der Waals surface area (Å²) in [6.45, 7) is 4.89. The minimum atomic E-state index is 0.305. The lowest BCUT2D eigenvalue weighted by Gasteiger charge is -2.14. The number of likely N-dealkylation sites (N-methyl/N-ethyl adjacent to an activating group) is 1. The van der Waals surface area contributed by atoms with E-state index in [9.17, 15) is 4.79 Å². The van der Waals surface area contributed by atoms with Crippen LogP contribution in [0.4, 0.5) is 0 Å². The van der Waals surface area contributed by atoms with Gasteiger partial charge >= 0.3 is 0 Å². The van der Waals surface area contributed by atoms with Crippen molar-refractivity contribution in [2.75, 3.05) is 13.6 Å². The van der Waals surface area contributed by atoms with Crippen LogP contribution in [0.5, 0.6) is 0 Å². The molecule has 0 aromatic heterocycles.